The van der Waals surface area contributed by atoms with Crippen LogP contribution in [0.3, 0.4) is 0 Å². The topological polar surface area (TPSA) is 25.2 Å². The van der Waals surface area contributed by atoms with Crippen molar-refractivity contribution < 1.29 is 8.81 Å². The molecule has 0 fully saturated rings. The SMILES string of the molecule is CNC(c1ccco1)c1ccc(Br)c(Cl)c1F. The Bertz CT molecular complexity index is 515. The number of benzene rings is 1. The van der Waals surface area contributed by atoms with Crippen LogP contribution in [-0.4, -0.2) is 7.05 Å². The highest BCUT2D eigenvalue weighted by Crippen LogP contribution is 2.32. The highest BCUT2D eigenvalue weighted by atomic mass is 79.9. The van der Waals surface area contributed by atoms with E-state index in [0.717, 1.165) is 0 Å². The molecular weight excluding hydrogens is 308 g/mol. The summed E-state index contributed by atoms with van der Waals surface area (Å²) in [4.78, 5) is 0. The lowest BCUT2D eigenvalue weighted by molar-refractivity contribution is 0.453. The molecule has 90 valence electrons. The van der Waals surface area contributed by atoms with Gasteiger partial charge in [-0.25, -0.2) is 4.39 Å². The highest BCUT2D eigenvalue weighted by Gasteiger charge is 2.21. The molecule has 1 atom stereocenters. The molecule has 2 rings (SSSR count). The Balaban J connectivity index is 2.49. The number of hydrogen-bond acceptors (Lipinski definition) is 2. The molecule has 0 bridgehead atoms. The van der Waals surface area contributed by atoms with Gasteiger partial charge in [0.2, 0.25) is 0 Å². The number of halogens is 3. The Morgan fingerprint density at radius 2 is 2.18 bits per heavy atom. The summed E-state index contributed by atoms with van der Waals surface area (Å²) in [5.74, 6) is 0.196. The van der Waals surface area contributed by atoms with Crippen molar-refractivity contribution in [3.05, 3.63) is 57.2 Å². The number of rotatable bonds is 3. The minimum absolute atomic E-state index is 0.0781. The van der Waals surface area contributed by atoms with E-state index >= 15 is 0 Å². The predicted octanol–water partition coefficient (Wildman–Crippen LogP) is 4.14. The summed E-state index contributed by atoms with van der Waals surface area (Å²) in [5, 5.41) is 3.08. The Morgan fingerprint density at radius 1 is 1.41 bits per heavy atom. The van der Waals surface area contributed by atoms with E-state index in [4.69, 9.17) is 16.0 Å². The Hall–Kier alpha value is -0.840. The van der Waals surface area contributed by atoms with Gasteiger partial charge in [-0.3, -0.25) is 0 Å². The number of furan rings is 1. The third-order valence-electron chi connectivity index (χ3n) is 2.49. The van der Waals surface area contributed by atoms with Gasteiger partial charge in [0.05, 0.1) is 17.3 Å². The zero-order valence-corrected chi connectivity index (χ0v) is 11.3. The molecule has 0 saturated heterocycles. The van der Waals surface area contributed by atoms with Crippen LogP contribution in [0.5, 0.6) is 0 Å². The molecule has 0 aliphatic carbocycles. The lowest BCUT2D eigenvalue weighted by Crippen LogP contribution is -2.18. The van der Waals surface area contributed by atoms with Gasteiger partial charge in [0.25, 0.3) is 0 Å². The molecule has 0 radical (unpaired) electrons. The molecule has 1 heterocycles. The standard InChI is InChI=1S/C12H10BrClFNO/c1-16-12(9-3-2-6-17-9)7-4-5-8(13)10(14)11(7)15/h2-6,12,16H,1H3. The van der Waals surface area contributed by atoms with Gasteiger partial charge in [-0.05, 0) is 41.2 Å². The summed E-state index contributed by atoms with van der Waals surface area (Å²) >= 11 is 9.05. The first-order valence-corrected chi connectivity index (χ1v) is 6.16. The van der Waals surface area contributed by atoms with Gasteiger partial charge < -0.3 is 9.73 Å². The zero-order valence-electron chi connectivity index (χ0n) is 9.01. The van der Waals surface area contributed by atoms with Crippen LogP contribution < -0.4 is 5.32 Å². The van der Waals surface area contributed by atoms with Crippen molar-refractivity contribution in [2.45, 2.75) is 6.04 Å². The van der Waals surface area contributed by atoms with Crippen molar-refractivity contribution in [3.63, 3.8) is 0 Å². The van der Waals surface area contributed by atoms with Crippen LogP contribution in [0.2, 0.25) is 5.02 Å². The van der Waals surface area contributed by atoms with Crippen molar-refractivity contribution in [3.8, 4) is 0 Å². The van der Waals surface area contributed by atoms with Crippen molar-refractivity contribution in [1.29, 1.82) is 0 Å². The molecule has 5 heteroatoms. The van der Waals surface area contributed by atoms with Gasteiger partial charge >= 0.3 is 0 Å². The second-order valence-corrected chi connectivity index (χ2v) is 4.73. The summed E-state index contributed by atoms with van der Waals surface area (Å²) in [7, 11) is 1.74. The Kier molecular flexibility index (Phi) is 3.86. The largest absolute Gasteiger partial charge is 0.467 e. The number of nitrogens with one attached hydrogen (secondary N) is 1. The summed E-state index contributed by atoms with van der Waals surface area (Å²) < 4.78 is 19.9. The third-order valence-corrected chi connectivity index (χ3v) is 3.75. The van der Waals surface area contributed by atoms with Gasteiger partial charge in [-0.1, -0.05) is 17.7 Å². The monoisotopic (exact) mass is 317 g/mol. The van der Waals surface area contributed by atoms with Crippen LogP contribution in [0, 0.1) is 5.82 Å². The predicted molar refractivity (Wildman–Crippen MR) is 68.7 cm³/mol. The maximum Gasteiger partial charge on any atom is 0.148 e. The molecule has 1 aromatic heterocycles. The molecule has 2 aromatic rings. The lowest BCUT2D eigenvalue weighted by atomic mass is 10.0. The smallest absolute Gasteiger partial charge is 0.148 e. The first-order chi connectivity index (χ1) is 8.15. The summed E-state index contributed by atoms with van der Waals surface area (Å²) in [5.41, 5.74) is 0.454. The molecule has 17 heavy (non-hydrogen) atoms. The molecule has 1 aromatic carbocycles. The molecule has 0 spiro atoms. The molecule has 1 unspecified atom stereocenters. The van der Waals surface area contributed by atoms with Crippen LogP contribution in [0.4, 0.5) is 4.39 Å². The van der Waals surface area contributed by atoms with Gasteiger partial charge in [0, 0.05) is 10.0 Å². The van der Waals surface area contributed by atoms with Gasteiger partial charge in [0.15, 0.2) is 0 Å². The quantitative estimate of drug-likeness (QED) is 0.860. The van der Waals surface area contributed by atoms with E-state index in [0.29, 0.717) is 15.8 Å². The van der Waals surface area contributed by atoms with E-state index in [1.54, 1.807) is 37.6 Å². The van der Waals surface area contributed by atoms with E-state index in [2.05, 4.69) is 21.2 Å². The van der Waals surface area contributed by atoms with Crippen LogP contribution in [-0.2, 0) is 0 Å². The van der Waals surface area contributed by atoms with Crippen molar-refractivity contribution in [1.82, 2.24) is 5.32 Å². The fourth-order valence-electron chi connectivity index (χ4n) is 1.67. The first kappa shape index (κ1) is 12.6. The molecule has 0 aliphatic heterocycles. The fraction of sp³-hybridized carbons (Fsp3) is 0.167. The average molecular weight is 319 g/mol. The van der Waals surface area contributed by atoms with Crippen molar-refractivity contribution >= 4 is 27.5 Å². The van der Waals surface area contributed by atoms with Gasteiger partial charge in [0.1, 0.15) is 11.6 Å². The average Bonchev–Trinajstić information content (AvgIpc) is 2.84. The maximum absolute atomic E-state index is 14.0. The van der Waals surface area contributed by atoms with Crippen LogP contribution in [0.15, 0.2) is 39.4 Å². The van der Waals surface area contributed by atoms with E-state index in [1.807, 2.05) is 0 Å². The minimum Gasteiger partial charge on any atom is -0.467 e. The molecular formula is C12H10BrClFNO. The maximum atomic E-state index is 14.0. The summed E-state index contributed by atoms with van der Waals surface area (Å²) in [6.07, 6.45) is 1.55. The second-order valence-electron chi connectivity index (χ2n) is 3.50. The van der Waals surface area contributed by atoms with Crippen molar-refractivity contribution in [2.24, 2.45) is 0 Å². The van der Waals surface area contributed by atoms with Crippen LogP contribution in [0.25, 0.3) is 0 Å². The molecule has 2 nitrogen and oxygen atoms in total. The van der Waals surface area contributed by atoms with Crippen LogP contribution >= 0.6 is 27.5 Å². The molecule has 0 amide bonds. The minimum atomic E-state index is -0.447. The Morgan fingerprint density at radius 3 is 2.76 bits per heavy atom. The second kappa shape index (κ2) is 5.21. The van der Waals surface area contributed by atoms with E-state index < -0.39 is 5.82 Å². The molecule has 1 N–H and O–H groups in total. The fourth-order valence-corrected chi connectivity index (χ4v) is 2.15. The molecule has 0 saturated carbocycles. The first-order valence-electron chi connectivity index (χ1n) is 4.99. The highest BCUT2D eigenvalue weighted by molar-refractivity contribution is 9.10. The van der Waals surface area contributed by atoms with E-state index in [9.17, 15) is 4.39 Å². The van der Waals surface area contributed by atoms with E-state index in [-0.39, 0.29) is 11.1 Å². The van der Waals surface area contributed by atoms with Gasteiger partial charge in [-0.2, -0.15) is 0 Å². The summed E-state index contributed by atoms with van der Waals surface area (Å²) in [6, 6.07) is 6.59. The number of hydrogen-bond donors (Lipinski definition) is 1. The van der Waals surface area contributed by atoms with Crippen LogP contribution in [0.1, 0.15) is 17.4 Å². The van der Waals surface area contributed by atoms with Crippen molar-refractivity contribution in [2.75, 3.05) is 7.05 Å². The normalized spacial score (nSPS) is 12.7. The molecule has 0 aliphatic rings. The third kappa shape index (κ3) is 2.39. The van der Waals surface area contributed by atoms with E-state index in [1.165, 1.54) is 0 Å². The lowest BCUT2D eigenvalue weighted by Gasteiger charge is -2.16. The van der Waals surface area contributed by atoms with Gasteiger partial charge in [-0.15, -0.1) is 0 Å². The Labute approximate surface area is 112 Å². The zero-order chi connectivity index (χ0) is 12.4. The summed E-state index contributed by atoms with van der Waals surface area (Å²) in [6.45, 7) is 0.